The van der Waals surface area contributed by atoms with Gasteiger partial charge in [-0.15, -0.1) is 0 Å². The van der Waals surface area contributed by atoms with Crippen LogP contribution in [-0.4, -0.2) is 28.2 Å². The van der Waals surface area contributed by atoms with Crippen LogP contribution in [-0.2, 0) is 4.74 Å². The van der Waals surface area contributed by atoms with E-state index in [-0.39, 0.29) is 34.5 Å². The van der Waals surface area contributed by atoms with Crippen LogP contribution in [0.1, 0.15) is 27.6 Å². The van der Waals surface area contributed by atoms with E-state index in [9.17, 15) is 28.3 Å². The van der Waals surface area contributed by atoms with Gasteiger partial charge >= 0.3 is 11.9 Å². The fourth-order valence-electron chi connectivity index (χ4n) is 3.08. The summed E-state index contributed by atoms with van der Waals surface area (Å²) in [4.78, 5) is 36.2. The van der Waals surface area contributed by atoms with Gasteiger partial charge in [-0.3, -0.25) is 4.79 Å². The van der Waals surface area contributed by atoms with Gasteiger partial charge in [0.05, 0.1) is 23.2 Å². The van der Waals surface area contributed by atoms with Crippen molar-refractivity contribution in [3.8, 4) is 17.2 Å². The van der Waals surface area contributed by atoms with Gasteiger partial charge < -0.3 is 19.1 Å². The highest BCUT2D eigenvalue weighted by atomic mass is 19.2. The number of aromatic carboxylic acids is 1. The molecule has 142 valence electrons. The van der Waals surface area contributed by atoms with Crippen LogP contribution in [0.4, 0.5) is 8.78 Å². The molecule has 0 spiro atoms. The van der Waals surface area contributed by atoms with Crippen LogP contribution in [0.2, 0.25) is 0 Å². The fourth-order valence-corrected chi connectivity index (χ4v) is 3.08. The Labute approximate surface area is 155 Å². The van der Waals surface area contributed by atoms with E-state index in [1.54, 1.807) is 6.92 Å². The molecule has 28 heavy (non-hydrogen) atoms. The molecule has 2 heterocycles. The topological polar surface area (TPSA) is 94.8 Å². The number of esters is 1. The number of benzene rings is 2. The molecule has 0 saturated heterocycles. The lowest BCUT2D eigenvalue weighted by atomic mass is 10.1. The predicted octanol–water partition coefficient (Wildman–Crippen LogP) is 3.25. The number of carboxylic acid groups (broad SMARTS) is 1. The molecular weight excluding hydrogens is 376 g/mol. The molecule has 0 amide bonds. The number of halogens is 2. The summed E-state index contributed by atoms with van der Waals surface area (Å²) in [6.45, 7) is 1.55. The molecule has 3 aromatic rings. The number of rotatable bonds is 3. The number of pyridine rings is 1. The van der Waals surface area contributed by atoms with Crippen molar-refractivity contribution in [3.05, 3.63) is 63.4 Å². The molecule has 9 heteroatoms. The van der Waals surface area contributed by atoms with E-state index in [0.717, 1.165) is 6.20 Å². The van der Waals surface area contributed by atoms with Crippen molar-refractivity contribution in [2.45, 2.75) is 6.92 Å². The quantitative estimate of drug-likeness (QED) is 0.543. The van der Waals surface area contributed by atoms with E-state index in [4.69, 9.17) is 9.47 Å². The summed E-state index contributed by atoms with van der Waals surface area (Å²) in [6.07, 6.45) is 1.11. The van der Waals surface area contributed by atoms with Crippen LogP contribution >= 0.6 is 0 Å². The number of carbonyl (C=O) groups is 2. The number of carboxylic acids is 1. The van der Waals surface area contributed by atoms with Gasteiger partial charge in [-0.25, -0.2) is 14.0 Å². The van der Waals surface area contributed by atoms with Gasteiger partial charge in [-0.2, -0.15) is 4.39 Å². The van der Waals surface area contributed by atoms with Gasteiger partial charge in [-0.1, -0.05) is 0 Å². The number of fused-ring (bicyclic) bond motifs is 2. The molecule has 0 unspecified atom stereocenters. The molecule has 1 aliphatic heterocycles. The van der Waals surface area contributed by atoms with Gasteiger partial charge in [0.1, 0.15) is 11.1 Å². The Hall–Kier alpha value is -3.75. The Balaban J connectivity index is 2.15. The molecule has 2 aromatic carbocycles. The first-order chi connectivity index (χ1) is 13.3. The summed E-state index contributed by atoms with van der Waals surface area (Å²) in [7, 11) is 0. The van der Waals surface area contributed by atoms with E-state index in [2.05, 4.69) is 0 Å². The highest BCUT2D eigenvalue weighted by Gasteiger charge is 2.29. The maximum absolute atomic E-state index is 14.4. The minimum Gasteiger partial charge on any atom is -0.478 e. The van der Waals surface area contributed by atoms with E-state index in [1.165, 1.54) is 22.8 Å². The standard InChI is InChI=1S/C19H11F2NO6/c1-2-27-19(26)10-7-22-12-5-8(18(24)25)3-4-13(12)28-17-14(21)11(20)6-9(15(17)22)16(10)23/h3-7H,2H2,1H3,(H,24,25). The highest BCUT2D eigenvalue weighted by Crippen LogP contribution is 2.42. The Kier molecular flexibility index (Phi) is 3.88. The zero-order valence-corrected chi connectivity index (χ0v) is 14.3. The van der Waals surface area contributed by atoms with E-state index in [0.29, 0.717) is 6.07 Å². The van der Waals surface area contributed by atoms with Crippen LogP contribution in [0.5, 0.6) is 11.5 Å². The van der Waals surface area contributed by atoms with Gasteiger partial charge in [0.2, 0.25) is 11.2 Å². The average Bonchev–Trinajstić information content (AvgIpc) is 2.67. The zero-order valence-electron chi connectivity index (χ0n) is 14.3. The summed E-state index contributed by atoms with van der Waals surface area (Å²) >= 11 is 0. The third kappa shape index (κ3) is 2.43. The summed E-state index contributed by atoms with van der Waals surface area (Å²) in [6, 6.07) is 4.42. The number of carbonyl (C=O) groups excluding carboxylic acids is 1. The van der Waals surface area contributed by atoms with Crippen molar-refractivity contribution in [1.29, 1.82) is 0 Å². The van der Waals surface area contributed by atoms with Crippen molar-refractivity contribution in [2.75, 3.05) is 6.61 Å². The molecule has 0 saturated carbocycles. The van der Waals surface area contributed by atoms with Crippen LogP contribution in [0.15, 0.2) is 35.3 Å². The summed E-state index contributed by atoms with van der Waals surface area (Å²) < 4.78 is 39.9. The third-order valence-corrected chi connectivity index (χ3v) is 4.31. The summed E-state index contributed by atoms with van der Waals surface area (Å²) in [5, 5.41) is 8.93. The maximum atomic E-state index is 14.4. The van der Waals surface area contributed by atoms with Gasteiger partial charge in [0, 0.05) is 6.20 Å². The van der Waals surface area contributed by atoms with Gasteiger partial charge in [0.25, 0.3) is 0 Å². The minimum absolute atomic E-state index is 0.00218. The third-order valence-electron chi connectivity index (χ3n) is 4.31. The molecular formula is C19H11F2NO6. The lowest BCUT2D eigenvalue weighted by Crippen LogP contribution is -2.22. The van der Waals surface area contributed by atoms with Crippen molar-refractivity contribution in [2.24, 2.45) is 0 Å². The van der Waals surface area contributed by atoms with E-state index < -0.39 is 40.3 Å². The Morgan fingerprint density at radius 3 is 2.68 bits per heavy atom. The summed E-state index contributed by atoms with van der Waals surface area (Å²) in [5.41, 5.74) is -1.33. The number of hydrogen-bond acceptors (Lipinski definition) is 5. The number of nitrogens with zero attached hydrogens (tertiary/aromatic N) is 1. The van der Waals surface area contributed by atoms with Gasteiger partial charge in [-0.05, 0) is 31.2 Å². The molecule has 0 atom stereocenters. The van der Waals surface area contributed by atoms with Crippen molar-refractivity contribution in [3.63, 3.8) is 0 Å². The first-order valence-corrected chi connectivity index (χ1v) is 8.13. The second-order valence-electron chi connectivity index (χ2n) is 5.95. The van der Waals surface area contributed by atoms with Crippen LogP contribution in [0, 0.1) is 11.6 Å². The van der Waals surface area contributed by atoms with E-state index >= 15 is 0 Å². The molecule has 1 aliphatic rings. The largest absolute Gasteiger partial charge is 0.478 e. The molecule has 0 aliphatic carbocycles. The monoisotopic (exact) mass is 387 g/mol. The Morgan fingerprint density at radius 1 is 1.25 bits per heavy atom. The Morgan fingerprint density at radius 2 is 2.00 bits per heavy atom. The molecule has 1 aromatic heterocycles. The smallest absolute Gasteiger partial charge is 0.343 e. The first kappa shape index (κ1) is 17.7. The average molecular weight is 387 g/mol. The van der Waals surface area contributed by atoms with Crippen molar-refractivity contribution < 1.29 is 33.0 Å². The van der Waals surface area contributed by atoms with Crippen molar-refractivity contribution >= 4 is 22.8 Å². The maximum Gasteiger partial charge on any atom is 0.343 e. The zero-order chi connectivity index (χ0) is 20.2. The molecule has 4 rings (SSSR count). The van der Waals surface area contributed by atoms with Crippen molar-refractivity contribution in [1.82, 2.24) is 4.57 Å². The molecule has 0 fully saturated rings. The van der Waals surface area contributed by atoms with E-state index in [1.807, 2.05) is 0 Å². The molecule has 0 bridgehead atoms. The number of ether oxygens (including phenoxy) is 2. The fraction of sp³-hybridized carbons (Fsp3) is 0.105. The van der Waals surface area contributed by atoms with Crippen LogP contribution < -0.4 is 10.2 Å². The second-order valence-corrected chi connectivity index (χ2v) is 5.95. The predicted molar refractivity (Wildman–Crippen MR) is 92.5 cm³/mol. The second kappa shape index (κ2) is 6.15. The number of hydrogen-bond donors (Lipinski definition) is 1. The number of aromatic nitrogens is 1. The normalized spacial score (nSPS) is 11.7. The Bertz CT molecular complexity index is 1250. The highest BCUT2D eigenvalue weighted by molar-refractivity contribution is 5.97. The van der Waals surface area contributed by atoms with Crippen LogP contribution in [0.25, 0.3) is 16.6 Å². The van der Waals surface area contributed by atoms with Gasteiger partial charge in [0.15, 0.2) is 17.3 Å². The molecule has 1 N–H and O–H groups in total. The minimum atomic E-state index is -1.32. The van der Waals surface area contributed by atoms with Crippen LogP contribution in [0.3, 0.4) is 0 Å². The molecule has 0 radical (unpaired) electrons. The SMILES string of the molecule is CCOC(=O)c1cn2c3c(c(F)c(F)cc3c1=O)Oc1ccc(C(=O)O)cc1-2. The first-order valence-electron chi connectivity index (χ1n) is 8.13. The lowest BCUT2D eigenvalue weighted by molar-refractivity contribution is 0.0523. The summed E-state index contributed by atoms with van der Waals surface area (Å²) in [5.74, 6) is -5.29. The lowest BCUT2D eigenvalue weighted by Gasteiger charge is -2.24. The molecule has 7 nitrogen and oxygen atoms in total.